The fourth-order valence-corrected chi connectivity index (χ4v) is 6.12. The monoisotopic (exact) mass is 446 g/mol. The molecular formula is C18H21F3N4O2S2. The molecule has 0 spiro atoms. The maximum Gasteiger partial charge on any atom is 0.418 e. The Labute approximate surface area is 171 Å². The van der Waals surface area contributed by atoms with E-state index in [2.05, 4.69) is 19.9 Å². The van der Waals surface area contributed by atoms with Crippen molar-refractivity contribution in [3.8, 4) is 0 Å². The first kappa shape index (κ1) is 20.4. The molecule has 2 aromatic rings. The van der Waals surface area contributed by atoms with Crippen molar-refractivity contribution in [2.24, 2.45) is 0 Å². The minimum atomic E-state index is -4.68. The van der Waals surface area contributed by atoms with E-state index in [0.29, 0.717) is 12.6 Å². The van der Waals surface area contributed by atoms with Gasteiger partial charge in [0, 0.05) is 29.3 Å². The first-order chi connectivity index (χ1) is 13.7. The van der Waals surface area contributed by atoms with Crippen LogP contribution in [0, 0.1) is 0 Å². The number of alkyl halides is 3. The first-order valence-corrected chi connectivity index (χ1v) is 11.7. The van der Waals surface area contributed by atoms with Gasteiger partial charge in [0.15, 0.2) is 5.13 Å². The highest BCUT2D eigenvalue weighted by Gasteiger charge is 2.44. The van der Waals surface area contributed by atoms with Gasteiger partial charge in [-0.2, -0.15) is 13.2 Å². The third kappa shape index (κ3) is 4.08. The van der Waals surface area contributed by atoms with Gasteiger partial charge in [0.1, 0.15) is 0 Å². The van der Waals surface area contributed by atoms with Crippen LogP contribution in [0.4, 0.5) is 24.0 Å². The molecule has 2 aliphatic heterocycles. The molecule has 0 unspecified atom stereocenters. The molecule has 11 heteroatoms. The van der Waals surface area contributed by atoms with Crippen LogP contribution in [0.15, 0.2) is 34.7 Å². The van der Waals surface area contributed by atoms with Gasteiger partial charge in [-0.3, -0.25) is 9.62 Å². The molecule has 4 rings (SSSR count). The Morgan fingerprint density at radius 3 is 2.55 bits per heavy atom. The van der Waals surface area contributed by atoms with Crippen LogP contribution in [0.3, 0.4) is 0 Å². The van der Waals surface area contributed by atoms with E-state index in [1.54, 1.807) is 5.38 Å². The molecule has 0 amide bonds. The number of thiazole rings is 1. The molecule has 1 aromatic heterocycles. The second-order valence-corrected chi connectivity index (χ2v) is 10.00. The average Bonchev–Trinajstić information content (AvgIpc) is 3.35. The van der Waals surface area contributed by atoms with Crippen LogP contribution in [0.1, 0.15) is 31.2 Å². The Hall–Kier alpha value is -1.85. The summed E-state index contributed by atoms with van der Waals surface area (Å²) >= 11 is 1.05. The highest BCUT2D eigenvalue weighted by Crippen LogP contribution is 2.41. The van der Waals surface area contributed by atoms with Crippen LogP contribution >= 0.6 is 11.3 Å². The van der Waals surface area contributed by atoms with Crippen molar-refractivity contribution in [1.82, 2.24) is 9.88 Å². The smallest absolute Gasteiger partial charge is 0.383 e. The van der Waals surface area contributed by atoms with Gasteiger partial charge in [-0.15, -0.1) is 11.3 Å². The largest absolute Gasteiger partial charge is 0.418 e. The molecule has 158 valence electrons. The van der Waals surface area contributed by atoms with E-state index in [1.807, 2.05) is 0 Å². The first-order valence-electron chi connectivity index (χ1n) is 9.32. The molecule has 3 heterocycles. The molecule has 0 bridgehead atoms. The van der Waals surface area contributed by atoms with Crippen molar-refractivity contribution in [3.05, 3.63) is 35.3 Å². The second-order valence-electron chi connectivity index (χ2n) is 7.42. The number of fused-ring (bicyclic) bond motifs is 1. The SMILES string of the molecule is O=S(=O)(Nc1nccs1)c1ccc(NCC23CCCN2CCC3)c(C(F)(F)F)c1. The molecule has 2 N–H and O–H groups in total. The fraction of sp³-hybridized carbons (Fsp3) is 0.500. The van der Waals surface area contributed by atoms with Crippen LogP contribution in [0.25, 0.3) is 0 Å². The van der Waals surface area contributed by atoms with Crippen LogP contribution in [0.5, 0.6) is 0 Å². The second kappa shape index (κ2) is 7.44. The van der Waals surface area contributed by atoms with Crippen LogP contribution in [0.2, 0.25) is 0 Å². The molecule has 0 aliphatic carbocycles. The molecule has 1 aromatic carbocycles. The zero-order chi connectivity index (χ0) is 20.7. The molecule has 0 atom stereocenters. The summed E-state index contributed by atoms with van der Waals surface area (Å²) in [6.07, 6.45) is 0.751. The Morgan fingerprint density at radius 2 is 1.93 bits per heavy atom. The van der Waals surface area contributed by atoms with E-state index in [1.165, 1.54) is 18.3 Å². The lowest BCUT2D eigenvalue weighted by molar-refractivity contribution is -0.137. The van der Waals surface area contributed by atoms with E-state index < -0.39 is 26.7 Å². The van der Waals surface area contributed by atoms with Crippen LogP contribution in [-0.4, -0.2) is 43.5 Å². The molecule has 29 heavy (non-hydrogen) atoms. The third-order valence-corrected chi connectivity index (χ3v) is 7.83. The van der Waals surface area contributed by atoms with Gasteiger partial charge in [0.25, 0.3) is 10.0 Å². The lowest BCUT2D eigenvalue weighted by Crippen LogP contribution is -2.44. The zero-order valence-corrected chi connectivity index (χ0v) is 17.1. The van der Waals surface area contributed by atoms with Crippen molar-refractivity contribution >= 4 is 32.2 Å². The topological polar surface area (TPSA) is 74.3 Å². The van der Waals surface area contributed by atoms with Gasteiger partial charge in [0.05, 0.1) is 10.5 Å². The lowest BCUT2D eigenvalue weighted by atomic mass is 9.94. The predicted molar refractivity (Wildman–Crippen MR) is 106 cm³/mol. The maximum atomic E-state index is 13.7. The summed E-state index contributed by atoms with van der Waals surface area (Å²) < 4.78 is 68.2. The van der Waals surface area contributed by atoms with Gasteiger partial charge in [-0.05, 0) is 57.0 Å². The standard InChI is InChI=1S/C18H21F3N4O2S2/c19-18(20,21)14-11-13(29(26,27)24-16-22-7-10-28-16)3-4-15(14)23-12-17-5-1-8-25(17)9-2-6-17/h3-4,7,10-11,23H,1-2,5-6,8-9,12H2,(H,22,24). The summed E-state index contributed by atoms with van der Waals surface area (Å²) in [7, 11) is -4.17. The van der Waals surface area contributed by atoms with E-state index >= 15 is 0 Å². The molecule has 6 nitrogen and oxygen atoms in total. The number of nitrogens with one attached hydrogen (secondary N) is 2. The highest BCUT2D eigenvalue weighted by atomic mass is 32.2. The minimum Gasteiger partial charge on any atom is -0.383 e. The molecule has 2 saturated heterocycles. The number of benzene rings is 1. The number of aromatic nitrogens is 1. The van der Waals surface area contributed by atoms with Crippen LogP contribution < -0.4 is 10.0 Å². The molecule has 2 fully saturated rings. The van der Waals surface area contributed by atoms with Crippen molar-refractivity contribution in [1.29, 1.82) is 0 Å². The number of halogens is 3. The molecule has 2 aliphatic rings. The Balaban J connectivity index is 1.60. The predicted octanol–water partition coefficient (Wildman–Crippen LogP) is 4.00. The number of anilines is 2. The summed E-state index contributed by atoms with van der Waals surface area (Å²) in [5.74, 6) is 0. The number of hydrogen-bond donors (Lipinski definition) is 2. The van der Waals surface area contributed by atoms with E-state index in [0.717, 1.165) is 50.1 Å². The maximum absolute atomic E-state index is 13.7. The average molecular weight is 447 g/mol. The number of hydrogen-bond acceptors (Lipinski definition) is 6. The van der Waals surface area contributed by atoms with Crippen molar-refractivity contribution in [2.45, 2.75) is 42.3 Å². The van der Waals surface area contributed by atoms with E-state index in [4.69, 9.17) is 0 Å². The zero-order valence-electron chi connectivity index (χ0n) is 15.5. The number of nitrogens with zero attached hydrogens (tertiary/aromatic N) is 2. The normalized spacial score (nSPS) is 19.3. The Bertz CT molecular complexity index is 967. The van der Waals surface area contributed by atoms with Crippen molar-refractivity contribution < 1.29 is 21.6 Å². The molecule has 0 radical (unpaired) electrons. The fourth-order valence-electron chi connectivity index (χ4n) is 4.30. The van der Waals surface area contributed by atoms with Gasteiger partial charge < -0.3 is 5.32 Å². The lowest BCUT2D eigenvalue weighted by Gasteiger charge is -2.33. The van der Waals surface area contributed by atoms with Crippen LogP contribution in [-0.2, 0) is 16.2 Å². The Kier molecular flexibility index (Phi) is 5.24. The summed E-state index contributed by atoms with van der Waals surface area (Å²) in [4.78, 5) is 5.71. The third-order valence-electron chi connectivity index (χ3n) is 5.68. The van der Waals surface area contributed by atoms with Gasteiger partial charge >= 0.3 is 6.18 Å². The summed E-state index contributed by atoms with van der Waals surface area (Å²) in [6, 6.07) is 3.06. The highest BCUT2D eigenvalue weighted by molar-refractivity contribution is 7.93. The summed E-state index contributed by atoms with van der Waals surface area (Å²) in [5.41, 5.74) is -1.18. The quantitative estimate of drug-likeness (QED) is 0.702. The number of rotatable bonds is 6. The Morgan fingerprint density at radius 1 is 1.21 bits per heavy atom. The van der Waals surface area contributed by atoms with Crippen molar-refractivity contribution in [3.63, 3.8) is 0 Å². The van der Waals surface area contributed by atoms with Gasteiger partial charge in [-0.25, -0.2) is 13.4 Å². The number of sulfonamides is 1. The van der Waals surface area contributed by atoms with E-state index in [9.17, 15) is 21.6 Å². The molecule has 0 saturated carbocycles. The van der Waals surface area contributed by atoms with Gasteiger partial charge in [0.2, 0.25) is 0 Å². The van der Waals surface area contributed by atoms with Crippen molar-refractivity contribution in [2.75, 3.05) is 29.7 Å². The summed E-state index contributed by atoms with van der Waals surface area (Å²) in [6.45, 7) is 2.38. The van der Waals surface area contributed by atoms with E-state index in [-0.39, 0.29) is 16.4 Å². The molecular weight excluding hydrogens is 425 g/mol. The van der Waals surface area contributed by atoms with Gasteiger partial charge in [-0.1, -0.05) is 0 Å². The minimum absolute atomic E-state index is 0.0972. The summed E-state index contributed by atoms with van der Waals surface area (Å²) in [5, 5.41) is 4.63.